The average Bonchev–Trinajstić information content (AvgIpc) is 2.63. The lowest BCUT2D eigenvalue weighted by Gasteiger charge is -2.32. The van der Waals surface area contributed by atoms with Gasteiger partial charge in [-0.05, 0) is 50.5 Å². The molecule has 2 heterocycles. The quantitative estimate of drug-likeness (QED) is 0.898. The molecular weight excluding hydrogens is 347 g/mol. The van der Waals surface area contributed by atoms with E-state index in [1.54, 1.807) is 17.0 Å². The first kappa shape index (κ1) is 18.9. The molecule has 0 radical (unpaired) electrons. The molecule has 1 atom stereocenters. The van der Waals surface area contributed by atoms with E-state index in [0.29, 0.717) is 19.0 Å². The molecule has 1 unspecified atom stereocenters. The Morgan fingerprint density at radius 2 is 1.85 bits per heavy atom. The Kier molecular flexibility index (Phi) is 5.78. The number of hydrogen-bond acceptors (Lipinski definition) is 4. The third-order valence-corrected chi connectivity index (χ3v) is 4.63. The number of piperidine rings is 1. The summed E-state index contributed by atoms with van der Waals surface area (Å²) in [7, 11) is 0. The van der Waals surface area contributed by atoms with E-state index in [2.05, 4.69) is 15.3 Å². The maximum atomic E-state index is 13.0. The molecule has 1 aliphatic heterocycles. The lowest BCUT2D eigenvalue weighted by molar-refractivity contribution is -0.133. The molecule has 1 saturated heterocycles. The predicted octanol–water partition coefficient (Wildman–Crippen LogP) is 2.65. The van der Waals surface area contributed by atoms with Crippen LogP contribution >= 0.6 is 0 Å². The van der Waals surface area contributed by atoms with Gasteiger partial charge in [0.1, 0.15) is 5.82 Å². The van der Waals surface area contributed by atoms with Crippen LogP contribution in [0.5, 0.6) is 0 Å². The predicted molar refractivity (Wildman–Crippen MR) is 99.5 cm³/mol. The minimum absolute atomic E-state index is 0.0539. The number of benzene rings is 1. The number of hydrogen-bond donors (Lipinski definition) is 1. The highest BCUT2D eigenvalue weighted by atomic mass is 19.1. The third-order valence-electron chi connectivity index (χ3n) is 4.63. The number of aromatic nitrogens is 2. The number of likely N-dealkylation sites (tertiary alicyclic amines) is 1. The molecule has 1 aliphatic rings. The van der Waals surface area contributed by atoms with Gasteiger partial charge in [0, 0.05) is 24.5 Å². The van der Waals surface area contributed by atoms with Gasteiger partial charge < -0.3 is 4.90 Å². The zero-order chi connectivity index (χ0) is 19.4. The van der Waals surface area contributed by atoms with Crippen molar-refractivity contribution in [2.75, 3.05) is 18.4 Å². The Bertz CT molecular complexity index is 818. The fourth-order valence-corrected chi connectivity index (χ4v) is 3.30. The van der Waals surface area contributed by atoms with Crippen LogP contribution in [0.2, 0.25) is 0 Å². The van der Waals surface area contributed by atoms with Gasteiger partial charge in [0.25, 0.3) is 0 Å². The minimum Gasteiger partial charge on any atom is -0.342 e. The van der Waals surface area contributed by atoms with Crippen LogP contribution < -0.4 is 5.32 Å². The van der Waals surface area contributed by atoms with Crippen molar-refractivity contribution in [2.45, 2.75) is 33.1 Å². The molecule has 1 fully saturated rings. The minimum atomic E-state index is -0.325. The van der Waals surface area contributed by atoms with Crippen molar-refractivity contribution in [2.24, 2.45) is 5.92 Å². The molecule has 2 amide bonds. The van der Waals surface area contributed by atoms with Gasteiger partial charge in [-0.15, -0.1) is 0 Å². The molecule has 27 heavy (non-hydrogen) atoms. The average molecular weight is 370 g/mol. The summed E-state index contributed by atoms with van der Waals surface area (Å²) in [6.45, 7) is 4.70. The molecular formula is C20H23FN4O2. The number of amides is 2. The largest absolute Gasteiger partial charge is 0.342 e. The number of nitrogens with one attached hydrogen (secondary N) is 1. The van der Waals surface area contributed by atoms with Crippen LogP contribution in [-0.2, 0) is 16.0 Å². The highest BCUT2D eigenvalue weighted by Crippen LogP contribution is 2.19. The fraction of sp³-hybridized carbons (Fsp3) is 0.400. The first-order valence-electron chi connectivity index (χ1n) is 9.06. The normalized spacial score (nSPS) is 16.9. The highest BCUT2D eigenvalue weighted by molar-refractivity contribution is 5.91. The van der Waals surface area contributed by atoms with Gasteiger partial charge in [-0.3, -0.25) is 14.9 Å². The van der Waals surface area contributed by atoms with Crippen molar-refractivity contribution >= 4 is 17.8 Å². The van der Waals surface area contributed by atoms with E-state index in [1.807, 2.05) is 19.9 Å². The zero-order valence-electron chi connectivity index (χ0n) is 15.5. The SMILES string of the molecule is Cc1cc(C)nc(NC(=O)C2CCCN(C(=O)Cc3ccc(F)cc3)C2)n1. The summed E-state index contributed by atoms with van der Waals surface area (Å²) in [5.74, 6) is -0.539. The molecule has 3 rings (SSSR count). The van der Waals surface area contributed by atoms with E-state index in [1.165, 1.54) is 12.1 Å². The number of carbonyl (C=O) groups excluding carboxylic acids is 2. The second-order valence-corrected chi connectivity index (χ2v) is 6.95. The summed E-state index contributed by atoms with van der Waals surface area (Å²) >= 11 is 0. The molecule has 0 spiro atoms. The topological polar surface area (TPSA) is 75.2 Å². The summed E-state index contributed by atoms with van der Waals surface area (Å²) in [6.07, 6.45) is 1.69. The van der Waals surface area contributed by atoms with E-state index in [9.17, 15) is 14.0 Å². The van der Waals surface area contributed by atoms with Crippen LogP contribution in [0.4, 0.5) is 10.3 Å². The van der Waals surface area contributed by atoms with Gasteiger partial charge in [-0.25, -0.2) is 14.4 Å². The molecule has 6 nitrogen and oxygen atoms in total. The van der Waals surface area contributed by atoms with Crippen molar-refractivity contribution in [3.8, 4) is 0 Å². The van der Waals surface area contributed by atoms with Crippen molar-refractivity contribution < 1.29 is 14.0 Å². The van der Waals surface area contributed by atoms with E-state index < -0.39 is 0 Å². The van der Waals surface area contributed by atoms with Gasteiger partial charge in [0.15, 0.2) is 0 Å². The molecule has 1 aromatic carbocycles. The second-order valence-electron chi connectivity index (χ2n) is 6.95. The van der Waals surface area contributed by atoms with Crippen LogP contribution in [0.15, 0.2) is 30.3 Å². The Balaban J connectivity index is 1.60. The molecule has 1 aromatic heterocycles. The lowest BCUT2D eigenvalue weighted by Crippen LogP contribution is -2.44. The Labute approximate surface area is 157 Å². The van der Waals surface area contributed by atoms with Crippen molar-refractivity contribution in [1.82, 2.24) is 14.9 Å². The number of rotatable bonds is 4. The Morgan fingerprint density at radius 3 is 2.52 bits per heavy atom. The summed E-state index contributed by atoms with van der Waals surface area (Å²) in [4.78, 5) is 35.3. The van der Waals surface area contributed by atoms with E-state index >= 15 is 0 Å². The number of aryl methyl sites for hydroxylation is 2. The maximum Gasteiger partial charge on any atom is 0.231 e. The number of carbonyl (C=O) groups is 2. The van der Waals surface area contributed by atoms with Crippen molar-refractivity contribution in [3.63, 3.8) is 0 Å². The summed E-state index contributed by atoms with van der Waals surface area (Å²) in [6, 6.07) is 7.75. The zero-order valence-corrected chi connectivity index (χ0v) is 15.5. The van der Waals surface area contributed by atoms with Crippen molar-refractivity contribution in [3.05, 3.63) is 53.1 Å². The summed E-state index contributed by atoms with van der Waals surface area (Å²) in [5, 5.41) is 2.77. The lowest BCUT2D eigenvalue weighted by atomic mass is 9.96. The third kappa shape index (κ3) is 5.09. The highest BCUT2D eigenvalue weighted by Gasteiger charge is 2.28. The molecule has 0 saturated carbocycles. The van der Waals surface area contributed by atoms with Crippen LogP contribution in [0.1, 0.15) is 29.8 Å². The van der Waals surface area contributed by atoms with Crippen LogP contribution in [0.25, 0.3) is 0 Å². The molecule has 0 bridgehead atoms. The molecule has 142 valence electrons. The second kappa shape index (κ2) is 8.24. The van der Waals surface area contributed by atoms with E-state index in [0.717, 1.165) is 29.8 Å². The molecule has 1 N–H and O–H groups in total. The van der Waals surface area contributed by atoms with Gasteiger partial charge in [0.05, 0.1) is 12.3 Å². The first-order chi connectivity index (χ1) is 12.9. The summed E-state index contributed by atoms with van der Waals surface area (Å²) < 4.78 is 13.0. The van der Waals surface area contributed by atoms with Crippen LogP contribution in [0.3, 0.4) is 0 Å². The Morgan fingerprint density at radius 1 is 1.19 bits per heavy atom. The smallest absolute Gasteiger partial charge is 0.231 e. The fourth-order valence-electron chi connectivity index (χ4n) is 3.30. The van der Waals surface area contributed by atoms with Gasteiger partial charge in [-0.1, -0.05) is 12.1 Å². The molecule has 7 heteroatoms. The number of nitrogens with zero attached hydrogens (tertiary/aromatic N) is 3. The molecule has 2 aromatic rings. The number of anilines is 1. The van der Waals surface area contributed by atoms with Gasteiger partial charge in [-0.2, -0.15) is 0 Å². The first-order valence-corrected chi connectivity index (χ1v) is 9.06. The van der Waals surface area contributed by atoms with Crippen molar-refractivity contribution in [1.29, 1.82) is 0 Å². The molecule has 0 aliphatic carbocycles. The van der Waals surface area contributed by atoms with Crippen LogP contribution in [0, 0.1) is 25.6 Å². The monoisotopic (exact) mass is 370 g/mol. The van der Waals surface area contributed by atoms with Gasteiger partial charge >= 0.3 is 0 Å². The number of halogens is 1. The summed E-state index contributed by atoms with van der Waals surface area (Å²) in [5.41, 5.74) is 2.34. The standard InChI is InChI=1S/C20H23FN4O2/c1-13-10-14(2)23-20(22-13)24-19(27)16-4-3-9-25(12-16)18(26)11-15-5-7-17(21)8-6-15/h5-8,10,16H,3-4,9,11-12H2,1-2H3,(H,22,23,24,27). The van der Waals surface area contributed by atoms with E-state index in [-0.39, 0.29) is 30.0 Å². The van der Waals surface area contributed by atoms with Crippen LogP contribution in [-0.4, -0.2) is 39.8 Å². The van der Waals surface area contributed by atoms with Gasteiger partial charge in [0.2, 0.25) is 17.8 Å². The van der Waals surface area contributed by atoms with E-state index in [4.69, 9.17) is 0 Å². The Hall–Kier alpha value is -2.83. The maximum absolute atomic E-state index is 13.0.